The fraction of sp³-hybridized carbons (Fsp3) is 0.375. The Hall–Kier alpha value is -2.27. The molecular formula is C16H19N3O6S. The molecule has 2 aromatic rings. The molecule has 2 heterocycles. The number of anilines is 1. The first-order valence-corrected chi connectivity index (χ1v) is 9.41. The molecule has 26 heavy (non-hydrogen) atoms. The molecule has 1 aromatic heterocycles. The van der Waals surface area contributed by atoms with Crippen LogP contribution in [0.2, 0.25) is 0 Å². The van der Waals surface area contributed by atoms with Crippen LogP contribution in [-0.4, -0.2) is 47.0 Å². The van der Waals surface area contributed by atoms with Gasteiger partial charge >= 0.3 is 5.69 Å². The minimum absolute atomic E-state index is 0.0575. The summed E-state index contributed by atoms with van der Waals surface area (Å²) in [6, 6.07) is 7.58. The maximum atomic E-state index is 12.3. The topological polar surface area (TPSA) is 131 Å². The number of nitrogens with zero attached hydrogens (tertiary/aromatic N) is 2. The maximum absolute atomic E-state index is 12.3. The van der Waals surface area contributed by atoms with Gasteiger partial charge in [0.25, 0.3) is 10.0 Å². The Kier molecular flexibility index (Phi) is 5.10. The van der Waals surface area contributed by atoms with E-state index in [1.54, 1.807) is 12.1 Å². The van der Waals surface area contributed by atoms with Gasteiger partial charge in [0.1, 0.15) is 18.1 Å². The van der Waals surface area contributed by atoms with Gasteiger partial charge in [0.2, 0.25) is 0 Å². The average molecular weight is 381 g/mol. The second kappa shape index (κ2) is 7.16. The van der Waals surface area contributed by atoms with Crippen LogP contribution >= 0.6 is 0 Å². The first-order chi connectivity index (χ1) is 12.3. The Morgan fingerprint density at radius 1 is 1.31 bits per heavy atom. The van der Waals surface area contributed by atoms with E-state index in [2.05, 4.69) is 9.71 Å². The van der Waals surface area contributed by atoms with Gasteiger partial charge in [-0.15, -0.1) is 0 Å². The summed E-state index contributed by atoms with van der Waals surface area (Å²) < 4.78 is 33.5. The molecule has 3 rings (SSSR count). The fourth-order valence-corrected chi connectivity index (χ4v) is 3.65. The molecule has 1 aromatic carbocycles. The number of sulfonamides is 1. The number of aliphatic hydroxyl groups is 2. The van der Waals surface area contributed by atoms with Gasteiger partial charge in [0.05, 0.1) is 17.6 Å². The molecule has 1 unspecified atom stereocenters. The summed E-state index contributed by atoms with van der Waals surface area (Å²) in [4.78, 5) is 16.0. The van der Waals surface area contributed by atoms with Crippen molar-refractivity contribution in [3.8, 4) is 0 Å². The standard InChI is InChI=1S/C16H19N3O6S/c1-10-2-4-11(5-3-10)26(23,24)18-14-6-7-19(16(22)17-14)15-8-12(21)13(9-20)25-15/h2-7,12-13,15,20-21H,8-9H2,1H3,(H,17,18,22)/t12?,13-,15-/m1/s1. The predicted molar refractivity (Wildman–Crippen MR) is 92.1 cm³/mol. The fourth-order valence-electron chi connectivity index (χ4n) is 2.65. The summed E-state index contributed by atoms with van der Waals surface area (Å²) in [5.41, 5.74) is 0.189. The summed E-state index contributed by atoms with van der Waals surface area (Å²) in [7, 11) is -3.87. The van der Waals surface area contributed by atoms with Gasteiger partial charge in [-0.05, 0) is 25.1 Å². The summed E-state index contributed by atoms with van der Waals surface area (Å²) in [6.45, 7) is 1.47. The van der Waals surface area contributed by atoms with Crippen LogP contribution in [0.5, 0.6) is 0 Å². The van der Waals surface area contributed by atoms with E-state index in [-0.39, 0.29) is 23.7 Å². The molecule has 0 radical (unpaired) electrons. The van der Waals surface area contributed by atoms with Crippen molar-refractivity contribution in [1.82, 2.24) is 9.55 Å². The van der Waals surface area contributed by atoms with Crippen molar-refractivity contribution in [3.63, 3.8) is 0 Å². The summed E-state index contributed by atoms with van der Waals surface area (Å²) in [6.07, 6.45) is -0.978. The number of nitrogens with one attached hydrogen (secondary N) is 1. The van der Waals surface area contributed by atoms with Gasteiger partial charge in [0, 0.05) is 12.6 Å². The zero-order valence-corrected chi connectivity index (χ0v) is 14.8. The highest BCUT2D eigenvalue weighted by atomic mass is 32.2. The van der Waals surface area contributed by atoms with Crippen LogP contribution in [0.25, 0.3) is 0 Å². The Labute approximate surface area is 149 Å². The molecule has 1 fully saturated rings. The van der Waals surface area contributed by atoms with Gasteiger partial charge < -0.3 is 14.9 Å². The molecule has 1 saturated heterocycles. The molecule has 0 spiro atoms. The third kappa shape index (κ3) is 3.78. The van der Waals surface area contributed by atoms with E-state index in [1.165, 1.54) is 24.4 Å². The van der Waals surface area contributed by atoms with Crippen molar-refractivity contribution in [2.24, 2.45) is 0 Å². The number of aryl methyl sites for hydroxylation is 1. The van der Waals surface area contributed by atoms with E-state index >= 15 is 0 Å². The first kappa shape index (κ1) is 18.5. The van der Waals surface area contributed by atoms with Crippen LogP contribution in [0.1, 0.15) is 18.2 Å². The Balaban J connectivity index is 1.80. The number of hydrogen-bond donors (Lipinski definition) is 3. The lowest BCUT2D eigenvalue weighted by Gasteiger charge is -2.15. The van der Waals surface area contributed by atoms with Crippen LogP contribution in [0, 0.1) is 6.92 Å². The van der Waals surface area contributed by atoms with Gasteiger partial charge in [-0.2, -0.15) is 4.98 Å². The average Bonchev–Trinajstić information content (AvgIpc) is 2.95. The number of aromatic nitrogens is 2. The quantitative estimate of drug-likeness (QED) is 0.664. The summed E-state index contributed by atoms with van der Waals surface area (Å²) in [5.74, 6) is -0.121. The minimum Gasteiger partial charge on any atom is -0.394 e. The van der Waals surface area contributed by atoms with Gasteiger partial charge in [-0.25, -0.2) is 13.2 Å². The Bertz CT molecular complexity index is 941. The van der Waals surface area contributed by atoms with Crippen LogP contribution in [-0.2, 0) is 14.8 Å². The number of ether oxygens (including phenoxy) is 1. The molecule has 3 atom stereocenters. The van der Waals surface area contributed by atoms with E-state index in [4.69, 9.17) is 9.84 Å². The molecule has 0 bridgehead atoms. The predicted octanol–water partition coefficient (Wildman–Crippen LogP) is -0.00678. The second-order valence-electron chi connectivity index (χ2n) is 6.04. The molecular weight excluding hydrogens is 362 g/mol. The number of hydrogen-bond acceptors (Lipinski definition) is 7. The summed E-state index contributed by atoms with van der Waals surface area (Å²) in [5, 5.41) is 18.9. The monoisotopic (exact) mass is 381 g/mol. The highest BCUT2D eigenvalue weighted by Crippen LogP contribution is 2.27. The first-order valence-electron chi connectivity index (χ1n) is 7.93. The SMILES string of the molecule is Cc1ccc(S(=O)(=O)Nc2ccn([C@H]3CC(O)[C@@H](CO)O3)c(=O)n2)cc1. The lowest BCUT2D eigenvalue weighted by atomic mass is 10.2. The summed E-state index contributed by atoms with van der Waals surface area (Å²) >= 11 is 0. The normalized spacial score (nSPS) is 23.1. The molecule has 3 N–H and O–H groups in total. The van der Waals surface area contributed by atoms with Crippen LogP contribution in [0.4, 0.5) is 5.82 Å². The van der Waals surface area contributed by atoms with E-state index in [0.717, 1.165) is 10.1 Å². The lowest BCUT2D eigenvalue weighted by Crippen LogP contribution is -2.28. The zero-order chi connectivity index (χ0) is 18.9. The van der Waals surface area contributed by atoms with Crippen molar-refractivity contribution >= 4 is 15.8 Å². The largest absolute Gasteiger partial charge is 0.394 e. The van der Waals surface area contributed by atoms with E-state index < -0.39 is 34.1 Å². The van der Waals surface area contributed by atoms with E-state index in [0.29, 0.717) is 0 Å². The van der Waals surface area contributed by atoms with E-state index in [9.17, 15) is 18.3 Å². The van der Waals surface area contributed by atoms with Crippen molar-refractivity contribution < 1.29 is 23.4 Å². The number of rotatable bonds is 5. The molecule has 140 valence electrons. The molecule has 0 saturated carbocycles. The van der Waals surface area contributed by atoms with Gasteiger partial charge in [0.15, 0.2) is 0 Å². The minimum atomic E-state index is -3.87. The third-order valence-corrected chi connectivity index (χ3v) is 5.47. The lowest BCUT2D eigenvalue weighted by molar-refractivity contribution is -0.0458. The van der Waals surface area contributed by atoms with Crippen LogP contribution in [0.15, 0.2) is 46.2 Å². The Morgan fingerprint density at radius 3 is 2.58 bits per heavy atom. The zero-order valence-electron chi connectivity index (χ0n) is 13.9. The highest BCUT2D eigenvalue weighted by Gasteiger charge is 2.35. The van der Waals surface area contributed by atoms with Crippen LogP contribution in [0.3, 0.4) is 0 Å². The Morgan fingerprint density at radius 2 is 2.00 bits per heavy atom. The molecule has 0 aliphatic carbocycles. The van der Waals surface area contributed by atoms with Crippen molar-refractivity contribution in [2.45, 2.75) is 36.7 Å². The molecule has 0 amide bonds. The highest BCUT2D eigenvalue weighted by molar-refractivity contribution is 7.92. The van der Waals surface area contributed by atoms with Crippen molar-refractivity contribution in [2.75, 3.05) is 11.3 Å². The van der Waals surface area contributed by atoms with E-state index in [1.807, 2.05) is 6.92 Å². The number of benzene rings is 1. The molecule has 9 nitrogen and oxygen atoms in total. The van der Waals surface area contributed by atoms with Gasteiger partial charge in [-0.1, -0.05) is 17.7 Å². The van der Waals surface area contributed by atoms with Crippen molar-refractivity contribution in [3.05, 3.63) is 52.6 Å². The molecule has 1 aliphatic heterocycles. The van der Waals surface area contributed by atoms with Gasteiger partial charge in [-0.3, -0.25) is 9.29 Å². The molecule has 10 heteroatoms. The second-order valence-corrected chi connectivity index (χ2v) is 7.72. The third-order valence-electron chi connectivity index (χ3n) is 4.09. The number of aliphatic hydroxyl groups excluding tert-OH is 2. The van der Waals surface area contributed by atoms with Crippen molar-refractivity contribution in [1.29, 1.82) is 0 Å². The maximum Gasteiger partial charge on any atom is 0.351 e. The molecule has 1 aliphatic rings. The smallest absolute Gasteiger partial charge is 0.351 e. The van der Waals surface area contributed by atoms with Crippen LogP contribution < -0.4 is 10.4 Å².